The summed E-state index contributed by atoms with van der Waals surface area (Å²) >= 11 is 0. The van der Waals surface area contributed by atoms with Gasteiger partial charge in [-0.2, -0.15) is 0 Å². The Bertz CT molecular complexity index is 458. The van der Waals surface area contributed by atoms with Gasteiger partial charge in [-0.25, -0.2) is 4.98 Å². The zero-order chi connectivity index (χ0) is 11.5. The van der Waals surface area contributed by atoms with Crippen LogP contribution in [0.15, 0.2) is 29.1 Å². The van der Waals surface area contributed by atoms with Crippen molar-refractivity contribution in [2.75, 3.05) is 0 Å². The summed E-state index contributed by atoms with van der Waals surface area (Å²) in [6.07, 6.45) is 3.67. The fourth-order valence-electron chi connectivity index (χ4n) is 1.60. The van der Waals surface area contributed by atoms with Crippen molar-refractivity contribution in [2.45, 2.75) is 26.4 Å². The molecule has 0 aliphatic carbocycles. The maximum atomic E-state index is 5.56. The maximum Gasteiger partial charge on any atom is 0.120 e. The molecule has 0 aromatic carbocycles. The first-order chi connectivity index (χ1) is 7.66. The number of nitrogens with one attached hydrogen (secondary N) is 1. The fourth-order valence-corrected chi connectivity index (χ4v) is 1.60. The van der Waals surface area contributed by atoms with Crippen molar-refractivity contribution in [2.24, 2.45) is 7.05 Å². The summed E-state index contributed by atoms with van der Waals surface area (Å²) in [6.45, 7) is 4.84. The van der Waals surface area contributed by atoms with Crippen LogP contribution in [0.25, 0.3) is 0 Å². The molecule has 0 fully saturated rings. The van der Waals surface area contributed by atoms with E-state index in [-0.39, 0.29) is 6.04 Å². The molecule has 0 spiro atoms. The molecule has 4 nitrogen and oxygen atoms in total. The van der Waals surface area contributed by atoms with E-state index in [9.17, 15) is 0 Å². The fraction of sp³-hybridized carbons (Fsp3) is 0.417. The Morgan fingerprint density at radius 1 is 1.50 bits per heavy atom. The predicted octanol–water partition coefficient (Wildman–Crippen LogP) is 2.17. The first-order valence-corrected chi connectivity index (χ1v) is 5.41. The third-order valence-corrected chi connectivity index (χ3v) is 2.69. The first-order valence-electron chi connectivity index (χ1n) is 5.41. The van der Waals surface area contributed by atoms with Gasteiger partial charge < -0.3 is 14.3 Å². The van der Waals surface area contributed by atoms with Crippen molar-refractivity contribution in [3.63, 3.8) is 0 Å². The van der Waals surface area contributed by atoms with Crippen molar-refractivity contribution in [1.82, 2.24) is 14.9 Å². The molecular formula is C12H17N3O. The Morgan fingerprint density at radius 2 is 2.31 bits per heavy atom. The average molecular weight is 219 g/mol. The molecule has 1 N–H and O–H groups in total. The van der Waals surface area contributed by atoms with Crippen LogP contribution in [0.2, 0.25) is 0 Å². The second-order valence-corrected chi connectivity index (χ2v) is 4.05. The van der Waals surface area contributed by atoms with Gasteiger partial charge in [-0.05, 0) is 26.0 Å². The van der Waals surface area contributed by atoms with Gasteiger partial charge >= 0.3 is 0 Å². The van der Waals surface area contributed by atoms with Crippen molar-refractivity contribution in [3.05, 3.63) is 41.9 Å². The quantitative estimate of drug-likeness (QED) is 0.857. The van der Waals surface area contributed by atoms with Crippen molar-refractivity contribution >= 4 is 0 Å². The topological polar surface area (TPSA) is 43.0 Å². The minimum absolute atomic E-state index is 0.212. The van der Waals surface area contributed by atoms with E-state index in [0.29, 0.717) is 0 Å². The molecule has 4 heteroatoms. The maximum absolute atomic E-state index is 5.56. The normalized spacial score (nSPS) is 12.9. The SMILES string of the molecule is Cc1ccc(C(C)NCc2cncn2C)o1. The zero-order valence-corrected chi connectivity index (χ0v) is 9.90. The summed E-state index contributed by atoms with van der Waals surface area (Å²) in [5.74, 6) is 1.92. The van der Waals surface area contributed by atoms with Crippen molar-refractivity contribution in [3.8, 4) is 0 Å². The standard InChI is InChI=1S/C12H17N3O/c1-9-4-5-12(16-9)10(2)14-7-11-6-13-8-15(11)3/h4-6,8,10,14H,7H2,1-3H3. The number of rotatable bonds is 4. The highest BCUT2D eigenvalue weighted by molar-refractivity contribution is 5.09. The second kappa shape index (κ2) is 4.53. The summed E-state index contributed by atoms with van der Waals surface area (Å²) in [5, 5.41) is 3.40. The predicted molar refractivity (Wildman–Crippen MR) is 61.9 cm³/mol. The molecule has 0 amide bonds. The highest BCUT2D eigenvalue weighted by atomic mass is 16.3. The molecule has 0 saturated heterocycles. The summed E-state index contributed by atoms with van der Waals surface area (Å²) < 4.78 is 7.57. The number of furan rings is 1. The van der Waals surface area contributed by atoms with Crippen LogP contribution in [0.3, 0.4) is 0 Å². The van der Waals surface area contributed by atoms with Crippen LogP contribution in [0, 0.1) is 6.92 Å². The van der Waals surface area contributed by atoms with Crippen molar-refractivity contribution in [1.29, 1.82) is 0 Å². The number of aryl methyl sites for hydroxylation is 2. The van der Waals surface area contributed by atoms with Crippen LogP contribution in [-0.4, -0.2) is 9.55 Å². The Morgan fingerprint density at radius 3 is 2.88 bits per heavy atom. The van der Waals surface area contributed by atoms with E-state index < -0.39 is 0 Å². The van der Waals surface area contributed by atoms with Crippen LogP contribution >= 0.6 is 0 Å². The summed E-state index contributed by atoms with van der Waals surface area (Å²) in [5.41, 5.74) is 1.16. The van der Waals surface area contributed by atoms with E-state index in [1.165, 1.54) is 0 Å². The van der Waals surface area contributed by atoms with Gasteiger partial charge in [-0.15, -0.1) is 0 Å². The van der Waals surface area contributed by atoms with Crippen LogP contribution in [0.4, 0.5) is 0 Å². The molecule has 2 heterocycles. The van der Waals surface area contributed by atoms with Crippen LogP contribution in [0.5, 0.6) is 0 Å². The Labute approximate surface area is 95.3 Å². The number of hydrogen-bond acceptors (Lipinski definition) is 3. The second-order valence-electron chi connectivity index (χ2n) is 4.05. The van der Waals surface area contributed by atoms with Gasteiger partial charge in [0, 0.05) is 19.8 Å². The molecular weight excluding hydrogens is 202 g/mol. The minimum Gasteiger partial charge on any atom is -0.465 e. The molecule has 1 unspecified atom stereocenters. The third kappa shape index (κ3) is 2.33. The molecule has 0 radical (unpaired) electrons. The van der Waals surface area contributed by atoms with Gasteiger partial charge in [0.2, 0.25) is 0 Å². The lowest BCUT2D eigenvalue weighted by Gasteiger charge is -2.11. The largest absolute Gasteiger partial charge is 0.465 e. The van der Waals surface area contributed by atoms with E-state index in [1.807, 2.05) is 36.9 Å². The molecule has 86 valence electrons. The molecule has 1 atom stereocenters. The van der Waals surface area contributed by atoms with Gasteiger partial charge in [0.25, 0.3) is 0 Å². The van der Waals surface area contributed by atoms with Crippen molar-refractivity contribution < 1.29 is 4.42 Å². The van der Waals surface area contributed by atoms with Gasteiger partial charge in [-0.1, -0.05) is 0 Å². The highest BCUT2D eigenvalue weighted by Gasteiger charge is 2.09. The van der Waals surface area contributed by atoms with E-state index in [1.54, 1.807) is 6.33 Å². The van der Waals surface area contributed by atoms with Gasteiger partial charge in [0.05, 0.1) is 18.1 Å². The average Bonchev–Trinajstić information content (AvgIpc) is 2.84. The van der Waals surface area contributed by atoms with E-state index in [4.69, 9.17) is 4.42 Å². The lowest BCUT2D eigenvalue weighted by atomic mass is 10.2. The smallest absolute Gasteiger partial charge is 0.120 e. The molecule has 2 aromatic heterocycles. The molecule has 2 rings (SSSR count). The molecule has 0 bridgehead atoms. The molecule has 0 aliphatic rings. The zero-order valence-electron chi connectivity index (χ0n) is 9.90. The molecule has 0 saturated carbocycles. The Hall–Kier alpha value is -1.55. The van der Waals surface area contributed by atoms with Gasteiger partial charge in [0.15, 0.2) is 0 Å². The van der Waals surface area contributed by atoms with Crippen LogP contribution in [-0.2, 0) is 13.6 Å². The summed E-state index contributed by atoms with van der Waals surface area (Å²) in [7, 11) is 1.99. The Balaban J connectivity index is 1.93. The first kappa shape index (κ1) is 11.0. The van der Waals surface area contributed by atoms with Crippen LogP contribution in [0.1, 0.15) is 30.2 Å². The van der Waals surface area contributed by atoms with Gasteiger partial charge in [0.1, 0.15) is 11.5 Å². The number of aromatic nitrogens is 2. The number of hydrogen-bond donors (Lipinski definition) is 1. The summed E-state index contributed by atoms with van der Waals surface area (Å²) in [4.78, 5) is 4.08. The third-order valence-electron chi connectivity index (χ3n) is 2.69. The molecule has 16 heavy (non-hydrogen) atoms. The van der Waals surface area contributed by atoms with E-state index >= 15 is 0 Å². The number of nitrogens with zero attached hydrogens (tertiary/aromatic N) is 2. The monoisotopic (exact) mass is 219 g/mol. The number of imidazole rings is 1. The van der Waals surface area contributed by atoms with E-state index in [0.717, 1.165) is 23.8 Å². The van der Waals surface area contributed by atoms with Crippen LogP contribution < -0.4 is 5.32 Å². The lowest BCUT2D eigenvalue weighted by Crippen LogP contribution is -2.19. The lowest BCUT2D eigenvalue weighted by molar-refractivity contribution is 0.413. The molecule has 2 aromatic rings. The minimum atomic E-state index is 0.212. The highest BCUT2D eigenvalue weighted by Crippen LogP contribution is 2.15. The molecule has 0 aliphatic heterocycles. The van der Waals surface area contributed by atoms with E-state index in [2.05, 4.69) is 17.2 Å². The van der Waals surface area contributed by atoms with Gasteiger partial charge in [-0.3, -0.25) is 0 Å². The Kier molecular flexibility index (Phi) is 3.10. The summed E-state index contributed by atoms with van der Waals surface area (Å²) in [6, 6.07) is 4.21.